The van der Waals surface area contributed by atoms with E-state index >= 15 is 0 Å². The van der Waals surface area contributed by atoms with Crippen LogP contribution in [-0.2, 0) is 16.3 Å². The summed E-state index contributed by atoms with van der Waals surface area (Å²) in [6, 6.07) is 9.79. The molecule has 0 amide bonds. The van der Waals surface area contributed by atoms with Crippen LogP contribution in [0.1, 0.15) is 20.8 Å². The van der Waals surface area contributed by atoms with E-state index in [4.69, 9.17) is 4.74 Å². The zero-order chi connectivity index (χ0) is 14.8. The van der Waals surface area contributed by atoms with Crippen molar-refractivity contribution in [2.45, 2.75) is 27.5 Å². The van der Waals surface area contributed by atoms with Gasteiger partial charge in [-0.25, -0.2) is 4.68 Å². The van der Waals surface area contributed by atoms with Gasteiger partial charge in [-0.15, -0.1) is 0 Å². The molecule has 0 aliphatic rings. The third-order valence-electron chi connectivity index (χ3n) is 2.70. The largest absolute Gasteiger partial charge is 0.442 e. The van der Waals surface area contributed by atoms with E-state index in [2.05, 4.69) is 21.0 Å². The molecule has 5 heteroatoms. The highest BCUT2D eigenvalue weighted by molar-refractivity contribution is 9.10. The van der Waals surface area contributed by atoms with Gasteiger partial charge in [0.1, 0.15) is 0 Å². The van der Waals surface area contributed by atoms with Crippen molar-refractivity contribution >= 4 is 21.9 Å². The van der Waals surface area contributed by atoms with Gasteiger partial charge in [0.05, 0.1) is 11.1 Å². The minimum atomic E-state index is -0.500. The molecular weight excluding hydrogens is 320 g/mol. The van der Waals surface area contributed by atoms with Crippen LogP contribution in [0, 0.1) is 5.41 Å². The van der Waals surface area contributed by atoms with Gasteiger partial charge < -0.3 is 4.74 Å². The van der Waals surface area contributed by atoms with E-state index in [1.54, 1.807) is 10.9 Å². The first-order valence-corrected chi connectivity index (χ1v) is 7.12. The molecule has 2 rings (SSSR count). The molecule has 0 N–H and O–H groups in total. The molecule has 1 aromatic carbocycles. The summed E-state index contributed by atoms with van der Waals surface area (Å²) in [4.78, 5) is 11.7. The van der Waals surface area contributed by atoms with Gasteiger partial charge in [0.25, 0.3) is 0 Å². The first-order chi connectivity index (χ1) is 9.36. The molecule has 0 atom stereocenters. The summed E-state index contributed by atoms with van der Waals surface area (Å²) in [5, 5.41) is 4.39. The summed E-state index contributed by atoms with van der Waals surface area (Å²) in [5.74, 6) is -0.239. The van der Waals surface area contributed by atoms with Crippen LogP contribution in [0.15, 0.2) is 41.0 Å². The summed E-state index contributed by atoms with van der Waals surface area (Å²) in [6.07, 6.45) is 1.80. The molecular formula is C15H17BrN2O2. The Labute approximate surface area is 126 Å². The quantitative estimate of drug-likeness (QED) is 0.799. The number of rotatable bonds is 3. The van der Waals surface area contributed by atoms with Crippen molar-refractivity contribution < 1.29 is 9.53 Å². The van der Waals surface area contributed by atoms with Crippen LogP contribution in [0.4, 0.5) is 0 Å². The minimum Gasteiger partial charge on any atom is -0.442 e. The predicted octanol–water partition coefficient (Wildman–Crippen LogP) is 3.86. The molecule has 4 nitrogen and oxygen atoms in total. The van der Waals surface area contributed by atoms with E-state index in [1.165, 1.54) is 0 Å². The molecule has 0 spiro atoms. The minimum absolute atomic E-state index is 0.129. The standard InChI is InChI=1S/C15H17BrN2O2/c1-15(2,3)14(19)20-10-18-8-7-13(17-18)11-5-4-6-12(16)9-11/h4-9H,10H2,1-3H3. The van der Waals surface area contributed by atoms with Gasteiger partial charge in [-0.2, -0.15) is 5.10 Å². The third kappa shape index (κ3) is 3.70. The normalized spacial score (nSPS) is 11.4. The number of carbonyl (C=O) groups is 1. The Morgan fingerprint density at radius 2 is 2.10 bits per heavy atom. The highest BCUT2D eigenvalue weighted by Crippen LogP contribution is 2.21. The molecule has 0 unspecified atom stereocenters. The fraction of sp³-hybridized carbons (Fsp3) is 0.333. The van der Waals surface area contributed by atoms with Gasteiger partial charge >= 0.3 is 5.97 Å². The first kappa shape index (κ1) is 14.8. The fourth-order valence-electron chi connectivity index (χ4n) is 1.58. The van der Waals surface area contributed by atoms with E-state index in [1.807, 2.05) is 51.1 Å². The lowest BCUT2D eigenvalue weighted by molar-refractivity contribution is -0.157. The second-order valence-electron chi connectivity index (χ2n) is 5.56. The first-order valence-electron chi connectivity index (χ1n) is 6.33. The number of nitrogens with zero attached hydrogens (tertiary/aromatic N) is 2. The molecule has 0 fully saturated rings. The topological polar surface area (TPSA) is 44.1 Å². The van der Waals surface area contributed by atoms with Crippen molar-refractivity contribution in [2.75, 3.05) is 0 Å². The Morgan fingerprint density at radius 1 is 1.35 bits per heavy atom. The number of carbonyl (C=O) groups excluding carboxylic acids is 1. The van der Waals surface area contributed by atoms with Crippen molar-refractivity contribution in [3.63, 3.8) is 0 Å². The van der Waals surface area contributed by atoms with Crippen LogP contribution in [-0.4, -0.2) is 15.7 Å². The molecule has 0 saturated heterocycles. The van der Waals surface area contributed by atoms with E-state index in [0.717, 1.165) is 15.7 Å². The number of benzene rings is 1. The van der Waals surface area contributed by atoms with Crippen LogP contribution in [0.5, 0.6) is 0 Å². The third-order valence-corrected chi connectivity index (χ3v) is 3.19. The maximum Gasteiger partial charge on any atom is 0.313 e. The maximum atomic E-state index is 11.7. The van der Waals surface area contributed by atoms with Gasteiger partial charge in [-0.3, -0.25) is 4.79 Å². The zero-order valence-corrected chi connectivity index (χ0v) is 13.3. The average Bonchev–Trinajstić information content (AvgIpc) is 2.83. The van der Waals surface area contributed by atoms with Crippen molar-refractivity contribution in [3.05, 3.63) is 41.0 Å². The lowest BCUT2D eigenvalue weighted by atomic mass is 9.98. The molecule has 20 heavy (non-hydrogen) atoms. The maximum absolute atomic E-state index is 11.7. The van der Waals surface area contributed by atoms with Crippen LogP contribution < -0.4 is 0 Å². The summed E-state index contributed by atoms with van der Waals surface area (Å²) < 4.78 is 7.83. The lowest BCUT2D eigenvalue weighted by Gasteiger charge is -2.16. The fourth-order valence-corrected chi connectivity index (χ4v) is 1.98. The number of esters is 1. The Kier molecular flexibility index (Phi) is 4.28. The molecule has 0 bridgehead atoms. The average molecular weight is 337 g/mol. The van der Waals surface area contributed by atoms with Crippen molar-refractivity contribution in [1.82, 2.24) is 9.78 Å². The van der Waals surface area contributed by atoms with Gasteiger partial charge in [0, 0.05) is 16.2 Å². The van der Waals surface area contributed by atoms with Gasteiger partial charge in [-0.05, 0) is 39.0 Å². The number of aromatic nitrogens is 2. The molecule has 1 aromatic heterocycles. The SMILES string of the molecule is CC(C)(C)C(=O)OCn1ccc(-c2cccc(Br)c2)n1. The van der Waals surface area contributed by atoms with Gasteiger partial charge in [0.2, 0.25) is 0 Å². The van der Waals surface area contributed by atoms with E-state index in [9.17, 15) is 4.79 Å². The highest BCUT2D eigenvalue weighted by atomic mass is 79.9. The Morgan fingerprint density at radius 3 is 2.75 bits per heavy atom. The van der Waals surface area contributed by atoms with Crippen molar-refractivity contribution in [3.8, 4) is 11.3 Å². The van der Waals surface area contributed by atoms with Crippen LogP contribution in [0.2, 0.25) is 0 Å². The second kappa shape index (κ2) is 5.79. The molecule has 0 radical (unpaired) electrons. The summed E-state index contributed by atoms with van der Waals surface area (Å²) in [5.41, 5.74) is 1.36. The summed E-state index contributed by atoms with van der Waals surface area (Å²) in [7, 11) is 0. The molecule has 0 aliphatic carbocycles. The number of hydrogen-bond donors (Lipinski definition) is 0. The van der Waals surface area contributed by atoms with Gasteiger partial charge in [0.15, 0.2) is 6.73 Å². The Bertz CT molecular complexity index is 614. The monoisotopic (exact) mass is 336 g/mol. The van der Waals surface area contributed by atoms with Crippen molar-refractivity contribution in [2.24, 2.45) is 5.41 Å². The van der Waals surface area contributed by atoms with Crippen LogP contribution >= 0.6 is 15.9 Å². The smallest absolute Gasteiger partial charge is 0.313 e. The van der Waals surface area contributed by atoms with E-state index < -0.39 is 5.41 Å². The predicted molar refractivity (Wildman–Crippen MR) is 80.9 cm³/mol. The Balaban J connectivity index is 2.05. The van der Waals surface area contributed by atoms with E-state index in [-0.39, 0.29) is 12.7 Å². The zero-order valence-electron chi connectivity index (χ0n) is 11.8. The molecule has 106 valence electrons. The number of hydrogen-bond acceptors (Lipinski definition) is 3. The molecule has 2 aromatic rings. The van der Waals surface area contributed by atoms with Crippen LogP contribution in [0.3, 0.4) is 0 Å². The summed E-state index contributed by atoms with van der Waals surface area (Å²) in [6.45, 7) is 5.60. The Hall–Kier alpha value is -1.62. The molecule has 1 heterocycles. The number of halogens is 1. The van der Waals surface area contributed by atoms with Crippen molar-refractivity contribution in [1.29, 1.82) is 0 Å². The van der Waals surface area contributed by atoms with Crippen LogP contribution in [0.25, 0.3) is 11.3 Å². The lowest BCUT2D eigenvalue weighted by Crippen LogP contribution is -2.24. The highest BCUT2D eigenvalue weighted by Gasteiger charge is 2.23. The van der Waals surface area contributed by atoms with Gasteiger partial charge in [-0.1, -0.05) is 28.1 Å². The molecule has 0 aliphatic heterocycles. The second-order valence-corrected chi connectivity index (χ2v) is 6.48. The van der Waals surface area contributed by atoms with E-state index in [0.29, 0.717) is 0 Å². The molecule has 0 saturated carbocycles. The number of ether oxygens (including phenoxy) is 1. The summed E-state index contributed by atoms with van der Waals surface area (Å²) >= 11 is 3.43.